The lowest BCUT2D eigenvalue weighted by Crippen LogP contribution is -2.44. The maximum atomic E-state index is 12.7. The van der Waals surface area contributed by atoms with Crippen molar-refractivity contribution in [3.05, 3.63) is 23.9 Å². The Balaban J connectivity index is 1.72. The first-order valence-electron chi connectivity index (χ1n) is 8.38. The Morgan fingerprint density at radius 1 is 1.26 bits per heavy atom. The molecule has 23 heavy (non-hydrogen) atoms. The monoisotopic (exact) mass is 316 g/mol. The predicted octanol–water partition coefficient (Wildman–Crippen LogP) is 2.63. The summed E-state index contributed by atoms with van der Waals surface area (Å²) in [5.41, 5.74) is 0.301. The fourth-order valence-corrected chi connectivity index (χ4v) is 3.99. The molecule has 1 aromatic heterocycles. The van der Waals surface area contributed by atoms with Gasteiger partial charge in [-0.3, -0.25) is 10.1 Å². The number of carbonyl (C=O) groups is 2. The van der Waals surface area contributed by atoms with E-state index in [1.807, 2.05) is 4.90 Å². The van der Waals surface area contributed by atoms with Crippen LogP contribution in [0.3, 0.4) is 0 Å². The van der Waals surface area contributed by atoms with Gasteiger partial charge in [-0.05, 0) is 44.2 Å². The van der Waals surface area contributed by atoms with E-state index in [-0.39, 0.29) is 18.0 Å². The zero-order chi connectivity index (χ0) is 16.4. The lowest BCUT2D eigenvalue weighted by Gasteiger charge is -2.33. The maximum absolute atomic E-state index is 12.7. The van der Waals surface area contributed by atoms with Crippen molar-refractivity contribution in [3.8, 4) is 0 Å². The maximum Gasteiger partial charge on any atom is 0.323 e. The molecule has 1 saturated carbocycles. The van der Waals surface area contributed by atoms with Gasteiger partial charge in [0.1, 0.15) is 11.5 Å². The van der Waals surface area contributed by atoms with Crippen LogP contribution in [0.4, 0.5) is 10.6 Å². The minimum Gasteiger partial charge on any atom is -0.354 e. The lowest BCUT2D eigenvalue weighted by molar-refractivity contribution is 0.0958. The van der Waals surface area contributed by atoms with E-state index in [2.05, 4.69) is 22.5 Å². The SMILES string of the molecule is CNC(=O)c1cccc(NC(=O)N2[C@H](C)C[C@H]3CCCC[C@@H]32)n1. The van der Waals surface area contributed by atoms with E-state index >= 15 is 0 Å². The number of hydrogen-bond donors (Lipinski definition) is 2. The zero-order valence-corrected chi connectivity index (χ0v) is 13.7. The van der Waals surface area contributed by atoms with Crippen molar-refractivity contribution >= 4 is 17.8 Å². The molecular weight excluding hydrogens is 292 g/mol. The van der Waals surface area contributed by atoms with Crippen LogP contribution >= 0.6 is 0 Å². The van der Waals surface area contributed by atoms with Crippen LogP contribution < -0.4 is 10.6 Å². The normalized spacial score (nSPS) is 26.5. The quantitative estimate of drug-likeness (QED) is 0.881. The number of pyridine rings is 1. The summed E-state index contributed by atoms with van der Waals surface area (Å²) in [6.07, 6.45) is 5.88. The summed E-state index contributed by atoms with van der Waals surface area (Å²) in [5, 5.41) is 5.40. The van der Waals surface area contributed by atoms with Gasteiger partial charge >= 0.3 is 6.03 Å². The third-order valence-corrected chi connectivity index (χ3v) is 5.02. The second-order valence-corrected chi connectivity index (χ2v) is 6.52. The molecule has 6 nitrogen and oxygen atoms in total. The van der Waals surface area contributed by atoms with Gasteiger partial charge < -0.3 is 10.2 Å². The molecule has 124 valence electrons. The molecule has 1 aliphatic carbocycles. The van der Waals surface area contributed by atoms with E-state index in [0.29, 0.717) is 23.5 Å². The molecule has 1 aliphatic heterocycles. The molecule has 3 amide bonds. The van der Waals surface area contributed by atoms with Gasteiger partial charge in [-0.2, -0.15) is 0 Å². The number of anilines is 1. The van der Waals surface area contributed by atoms with Gasteiger partial charge in [0.05, 0.1) is 0 Å². The molecule has 0 aromatic carbocycles. The molecule has 2 N–H and O–H groups in total. The Morgan fingerprint density at radius 3 is 2.83 bits per heavy atom. The molecule has 6 heteroatoms. The molecule has 0 unspecified atom stereocenters. The Bertz CT molecular complexity index is 604. The summed E-state index contributed by atoms with van der Waals surface area (Å²) in [5.74, 6) is 0.792. The van der Waals surface area contributed by atoms with Gasteiger partial charge in [0.15, 0.2) is 0 Å². The van der Waals surface area contributed by atoms with Gasteiger partial charge in [-0.15, -0.1) is 0 Å². The molecule has 1 aromatic rings. The molecule has 0 radical (unpaired) electrons. The van der Waals surface area contributed by atoms with Crippen LogP contribution in [-0.4, -0.2) is 41.0 Å². The number of amides is 3. The van der Waals surface area contributed by atoms with Crippen LogP contribution in [0.25, 0.3) is 0 Å². The summed E-state index contributed by atoms with van der Waals surface area (Å²) in [6, 6.07) is 5.57. The predicted molar refractivity (Wildman–Crippen MR) is 88.3 cm³/mol. The molecule has 2 aliphatic rings. The lowest BCUT2D eigenvalue weighted by atomic mass is 9.85. The molecule has 3 rings (SSSR count). The number of aromatic nitrogens is 1. The highest BCUT2D eigenvalue weighted by Gasteiger charge is 2.42. The smallest absolute Gasteiger partial charge is 0.323 e. The largest absolute Gasteiger partial charge is 0.354 e. The zero-order valence-electron chi connectivity index (χ0n) is 13.7. The van der Waals surface area contributed by atoms with Gasteiger partial charge in [0.2, 0.25) is 0 Å². The molecule has 2 fully saturated rings. The molecule has 0 bridgehead atoms. The van der Waals surface area contributed by atoms with E-state index in [4.69, 9.17) is 0 Å². The second-order valence-electron chi connectivity index (χ2n) is 6.52. The summed E-state index contributed by atoms with van der Waals surface area (Å²) < 4.78 is 0. The number of likely N-dealkylation sites (tertiary alicyclic amines) is 1. The topological polar surface area (TPSA) is 74.3 Å². The van der Waals surface area contributed by atoms with E-state index in [0.717, 1.165) is 12.8 Å². The first kappa shape index (κ1) is 15.8. The number of nitrogens with one attached hydrogen (secondary N) is 2. The molecule has 3 atom stereocenters. The van der Waals surface area contributed by atoms with E-state index in [9.17, 15) is 9.59 Å². The Labute approximate surface area is 136 Å². The Kier molecular flexibility index (Phi) is 4.50. The third-order valence-electron chi connectivity index (χ3n) is 5.02. The van der Waals surface area contributed by atoms with Gasteiger partial charge in [0, 0.05) is 19.1 Å². The average Bonchev–Trinajstić information content (AvgIpc) is 2.90. The third kappa shape index (κ3) is 3.16. The fourth-order valence-electron chi connectivity index (χ4n) is 3.99. The highest BCUT2D eigenvalue weighted by molar-refractivity contribution is 5.93. The summed E-state index contributed by atoms with van der Waals surface area (Å²) in [6.45, 7) is 2.12. The Hall–Kier alpha value is -2.11. The van der Waals surface area contributed by atoms with Crippen LogP contribution in [0.5, 0.6) is 0 Å². The number of urea groups is 1. The highest BCUT2D eigenvalue weighted by atomic mass is 16.2. The van der Waals surface area contributed by atoms with Crippen molar-refractivity contribution in [1.82, 2.24) is 15.2 Å². The van der Waals surface area contributed by atoms with Gasteiger partial charge in [0.25, 0.3) is 5.91 Å². The van der Waals surface area contributed by atoms with E-state index in [1.54, 1.807) is 25.2 Å². The number of rotatable bonds is 2. The van der Waals surface area contributed by atoms with Crippen LogP contribution in [0.15, 0.2) is 18.2 Å². The van der Waals surface area contributed by atoms with Crippen LogP contribution in [0.1, 0.15) is 49.5 Å². The molecule has 0 spiro atoms. The van der Waals surface area contributed by atoms with Crippen molar-refractivity contribution in [1.29, 1.82) is 0 Å². The van der Waals surface area contributed by atoms with Crippen molar-refractivity contribution in [2.75, 3.05) is 12.4 Å². The minimum atomic E-state index is -0.261. The number of hydrogen-bond acceptors (Lipinski definition) is 3. The summed E-state index contributed by atoms with van der Waals surface area (Å²) in [4.78, 5) is 30.6. The Morgan fingerprint density at radius 2 is 2.04 bits per heavy atom. The summed E-state index contributed by atoms with van der Waals surface area (Å²) >= 11 is 0. The minimum absolute atomic E-state index is 0.103. The van der Waals surface area contributed by atoms with Crippen LogP contribution in [0, 0.1) is 5.92 Å². The van der Waals surface area contributed by atoms with Crippen molar-refractivity contribution in [2.24, 2.45) is 5.92 Å². The standard InChI is InChI=1S/C17H24N4O2/c1-11-10-12-6-3-4-8-14(12)21(11)17(23)20-15-9-5-7-13(19-15)16(22)18-2/h5,7,9,11-12,14H,3-4,6,8,10H2,1-2H3,(H,18,22)(H,19,20,23)/t11-,12-,14+/m1/s1. The number of nitrogens with zero attached hydrogens (tertiary/aromatic N) is 2. The first-order chi connectivity index (χ1) is 11.1. The van der Waals surface area contributed by atoms with Crippen LogP contribution in [0.2, 0.25) is 0 Å². The van der Waals surface area contributed by atoms with Gasteiger partial charge in [-0.1, -0.05) is 18.9 Å². The van der Waals surface area contributed by atoms with Crippen LogP contribution in [-0.2, 0) is 0 Å². The van der Waals surface area contributed by atoms with Crippen molar-refractivity contribution in [2.45, 2.75) is 51.1 Å². The summed E-state index contributed by atoms with van der Waals surface area (Å²) in [7, 11) is 1.56. The number of fused-ring (bicyclic) bond motifs is 1. The first-order valence-corrected chi connectivity index (χ1v) is 8.38. The molecule has 2 heterocycles. The van der Waals surface area contributed by atoms with Crippen molar-refractivity contribution < 1.29 is 9.59 Å². The van der Waals surface area contributed by atoms with Crippen molar-refractivity contribution in [3.63, 3.8) is 0 Å². The highest BCUT2D eigenvalue weighted by Crippen LogP contribution is 2.39. The second kappa shape index (κ2) is 6.56. The molecule has 1 saturated heterocycles. The van der Waals surface area contributed by atoms with E-state index in [1.165, 1.54) is 19.3 Å². The average molecular weight is 316 g/mol. The molecular formula is C17H24N4O2. The van der Waals surface area contributed by atoms with E-state index < -0.39 is 0 Å². The van der Waals surface area contributed by atoms with Gasteiger partial charge in [-0.25, -0.2) is 9.78 Å². The fraction of sp³-hybridized carbons (Fsp3) is 0.588. The number of carbonyl (C=O) groups excluding carboxylic acids is 2.